The number of carbonyl (C=O) groups is 2. The monoisotopic (exact) mass is 348 g/mol. The minimum atomic E-state index is -0.279. The van der Waals surface area contributed by atoms with Crippen LogP contribution in [0.25, 0.3) is 0 Å². The Balaban J connectivity index is 1.65. The molecule has 7 heteroatoms. The Bertz CT molecular complexity index is 745. The Morgan fingerprint density at radius 1 is 1.42 bits per heavy atom. The molecule has 24 heavy (non-hydrogen) atoms. The molecule has 0 bridgehead atoms. The molecule has 0 unspecified atom stereocenters. The summed E-state index contributed by atoms with van der Waals surface area (Å²) in [5.74, 6) is 0.798. The lowest BCUT2D eigenvalue weighted by Crippen LogP contribution is -2.47. The zero-order chi connectivity index (χ0) is 17.1. The van der Waals surface area contributed by atoms with E-state index < -0.39 is 0 Å². The Hall–Kier alpha value is -2.47. The number of hydrogen-bond donors (Lipinski definition) is 1. The van der Waals surface area contributed by atoms with Crippen LogP contribution in [0.15, 0.2) is 41.0 Å². The van der Waals surface area contributed by atoms with Gasteiger partial charge in [0.05, 0.1) is 12.0 Å². The summed E-state index contributed by atoms with van der Waals surface area (Å²) in [4.78, 5) is 25.8. The molecule has 1 aromatic carbocycles. The van der Waals surface area contributed by atoms with E-state index in [1.54, 1.807) is 30.5 Å². The quantitative estimate of drug-likeness (QED) is 0.900. The first-order valence-electron chi connectivity index (χ1n) is 7.57. The summed E-state index contributed by atoms with van der Waals surface area (Å²) < 4.78 is 10.6. The van der Waals surface area contributed by atoms with E-state index >= 15 is 0 Å². The van der Waals surface area contributed by atoms with Crippen molar-refractivity contribution >= 4 is 29.1 Å². The van der Waals surface area contributed by atoms with Gasteiger partial charge in [0.15, 0.2) is 6.61 Å². The second-order valence-corrected chi connectivity index (χ2v) is 6.07. The highest BCUT2D eigenvalue weighted by Crippen LogP contribution is 2.34. The van der Waals surface area contributed by atoms with Gasteiger partial charge in [-0.2, -0.15) is 0 Å². The molecule has 1 aliphatic rings. The summed E-state index contributed by atoms with van der Waals surface area (Å²) in [6.07, 6.45) is 2.18. The van der Waals surface area contributed by atoms with Crippen LogP contribution in [0.4, 0.5) is 5.69 Å². The van der Waals surface area contributed by atoms with E-state index in [-0.39, 0.29) is 31.0 Å². The van der Waals surface area contributed by atoms with Crippen molar-refractivity contribution in [1.82, 2.24) is 5.32 Å². The van der Waals surface area contributed by atoms with Crippen molar-refractivity contribution in [2.24, 2.45) is 0 Å². The minimum Gasteiger partial charge on any atom is -0.482 e. The van der Waals surface area contributed by atoms with Crippen molar-refractivity contribution in [2.75, 3.05) is 18.1 Å². The second kappa shape index (κ2) is 6.97. The summed E-state index contributed by atoms with van der Waals surface area (Å²) in [7, 11) is 0. The van der Waals surface area contributed by atoms with Gasteiger partial charge in [-0.1, -0.05) is 11.6 Å². The Labute approximate surface area is 144 Å². The van der Waals surface area contributed by atoms with E-state index in [0.29, 0.717) is 22.9 Å². The number of amides is 2. The average molecular weight is 349 g/mol. The largest absolute Gasteiger partial charge is 0.482 e. The van der Waals surface area contributed by atoms with E-state index in [2.05, 4.69) is 5.32 Å². The highest BCUT2D eigenvalue weighted by Gasteiger charge is 2.27. The maximum atomic E-state index is 12.3. The van der Waals surface area contributed by atoms with Crippen LogP contribution in [0.2, 0.25) is 5.02 Å². The van der Waals surface area contributed by atoms with Gasteiger partial charge in [-0.3, -0.25) is 14.5 Å². The summed E-state index contributed by atoms with van der Waals surface area (Å²) >= 11 is 5.99. The molecule has 2 amide bonds. The zero-order valence-electron chi connectivity index (χ0n) is 13.1. The number of nitrogens with zero attached hydrogens (tertiary/aromatic N) is 1. The van der Waals surface area contributed by atoms with Gasteiger partial charge in [-0.15, -0.1) is 0 Å². The Morgan fingerprint density at radius 2 is 2.25 bits per heavy atom. The van der Waals surface area contributed by atoms with Crippen LogP contribution in [0, 0.1) is 0 Å². The number of anilines is 1. The minimum absolute atomic E-state index is 0.0853. The van der Waals surface area contributed by atoms with Gasteiger partial charge >= 0.3 is 0 Å². The van der Waals surface area contributed by atoms with Crippen LogP contribution in [0.3, 0.4) is 0 Å². The third-order valence-corrected chi connectivity index (χ3v) is 3.90. The predicted octanol–water partition coefficient (Wildman–Crippen LogP) is 2.41. The van der Waals surface area contributed by atoms with E-state index in [4.69, 9.17) is 20.8 Å². The lowest BCUT2D eigenvalue weighted by molar-refractivity contribution is -0.125. The summed E-state index contributed by atoms with van der Waals surface area (Å²) in [5, 5.41) is 3.34. The standard InChI is InChI=1S/C17H17ClN2O4/c1-11(7-13-3-2-6-23-13)19-16(21)9-20-14-8-12(18)4-5-15(14)24-10-17(20)22/h2-6,8,11H,7,9-10H2,1H3,(H,19,21)/t11-/m1/s1. The maximum Gasteiger partial charge on any atom is 0.265 e. The smallest absolute Gasteiger partial charge is 0.265 e. The molecule has 0 fully saturated rings. The first-order chi connectivity index (χ1) is 11.5. The highest BCUT2D eigenvalue weighted by atomic mass is 35.5. The molecule has 0 aliphatic carbocycles. The molecule has 6 nitrogen and oxygen atoms in total. The van der Waals surface area contributed by atoms with Crippen LogP contribution < -0.4 is 15.0 Å². The van der Waals surface area contributed by atoms with Crippen molar-refractivity contribution in [3.05, 3.63) is 47.4 Å². The average Bonchev–Trinajstić information content (AvgIpc) is 3.03. The number of nitrogens with one attached hydrogen (secondary N) is 1. The zero-order valence-corrected chi connectivity index (χ0v) is 13.9. The molecular formula is C17H17ClN2O4. The molecule has 3 rings (SSSR count). The number of benzene rings is 1. The van der Waals surface area contributed by atoms with Gasteiger partial charge in [-0.25, -0.2) is 0 Å². The normalized spacial score (nSPS) is 14.8. The number of furan rings is 1. The topological polar surface area (TPSA) is 71.8 Å². The van der Waals surface area contributed by atoms with Crippen molar-refractivity contribution in [3.63, 3.8) is 0 Å². The number of hydrogen-bond acceptors (Lipinski definition) is 4. The van der Waals surface area contributed by atoms with Gasteiger partial charge in [-0.05, 0) is 37.3 Å². The lowest BCUT2D eigenvalue weighted by atomic mass is 10.2. The molecule has 1 atom stereocenters. The summed E-state index contributed by atoms with van der Waals surface area (Å²) in [6.45, 7) is 1.70. The first kappa shape index (κ1) is 16.4. The molecule has 2 heterocycles. The molecule has 126 valence electrons. The van der Waals surface area contributed by atoms with Gasteiger partial charge < -0.3 is 14.5 Å². The number of rotatable bonds is 5. The number of ether oxygens (including phenoxy) is 1. The first-order valence-corrected chi connectivity index (χ1v) is 7.95. The fourth-order valence-corrected chi connectivity index (χ4v) is 2.76. The van der Waals surface area contributed by atoms with Crippen LogP contribution in [0.1, 0.15) is 12.7 Å². The fraction of sp³-hybridized carbons (Fsp3) is 0.294. The van der Waals surface area contributed by atoms with Gasteiger partial charge in [0, 0.05) is 17.5 Å². The van der Waals surface area contributed by atoms with E-state index in [1.165, 1.54) is 4.90 Å². The fourth-order valence-electron chi connectivity index (χ4n) is 2.59. The Kier molecular flexibility index (Phi) is 4.76. The van der Waals surface area contributed by atoms with Crippen LogP contribution in [-0.4, -0.2) is 31.0 Å². The van der Waals surface area contributed by atoms with Gasteiger partial charge in [0.25, 0.3) is 5.91 Å². The van der Waals surface area contributed by atoms with Gasteiger partial charge in [0.2, 0.25) is 5.91 Å². The third kappa shape index (κ3) is 3.71. The maximum absolute atomic E-state index is 12.3. The molecule has 0 saturated carbocycles. The number of halogens is 1. The van der Waals surface area contributed by atoms with Crippen molar-refractivity contribution < 1.29 is 18.7 Å². The van der Waals surface area contributed by atoms with Crippen molar-refractivity contribution in [3.8, 4) is 5.75 Å². The summed E-state index contributed by atoms with van der Waals surface area (Å²) in [6, 6.07) is 8.53. The summed E-state index contributed by atoms with van der Waals surface area (Å²) in [5.41, 5.74) is 0.507. The third-order valence-electron chi connectivity index (χ3n) is 3.66. The lowest BCUT2D eigenvalue weighted by Gasteiger charge is -2.29. The molecule has 1 N–H and O–H groups in total. The predicted molar refractivity (Wildman–Crippen MR) is 89.3 cm³/mol. The highest BCUT2D eigenvalue weighted by molar-refractivity contribution is 6.31. The molecule has 1 aliphatic heterocycles. The molecule has 0 saturated heterocycles. The van der Waals surface area contributed by atoms with Crippen LogP contribution in [-0.2, 0) is 16.0 Å². The molecular weight excluding hydrogens is 332 g/mol. The van der Waals surface area contributed by atoms with Gasteiger partial charge in [0.1, 0.15) is 18.1 Å². The van der Waals surface area contributed by atoms with Crippen molar-refractivity contribution in [1.29, 1.82) is 0 Å². The second-order valence-electron chi connectivity index (χ2n) is 5.63. The molecule has 0 radical (unpaired) electrons. The Morgan fingerprint density at radius 3 is 3.00 bits per heavy atom. The SMILES string of the molecule is C[C@H](Cc1ccco1)NC(=O)CN1C(=O)COc2ccc(Cl)cc21. The van der Waals surface area contributed by atoms with Crippen molar-refractivity contribution in [2.45, 2.75) is 19.4 Å². The van der Waals surface area contributed by atoms with Crippen LogP contribution in [0.5, 0.6) is 5.75 Å². The number of fused-ring (bicyclic) bond motifs is 1. The molecule has 2 aromatic rings. The molecule has 0 spiro atoms. The van der Waals surface area contributed by atoms with Crippen LogP contribution >= 0.6 is 11.6 Å². The number of carbonyl (C=O) groups excluding carboxylic acids is 2. The van der Waals surface area contributed by atoms with E-state index in [0.717, 1.165) is 5.76 Å². The van der Waals surface area contributed by atoms with E-state index in [9.17, 15) is 9.59 Å². The molecule has 1 aromatic heterocycles. The van der Waals surface area contributed by atoms with E-state index in [1.807, 2.05) is 13.0 Å².